The van der Waals surface area contributed by atoms with Crippen molar-refractivity contribution >= 4 is 65.0 Å². The minimum Gasteiger partial charge on any atom is -0.391 e. The van der Waals surface area contributed by atoms with Crippen LogP contribution in [0.4, 0.5) is 0 Å². The number of rotatable bonds is 29. The normalized spacial score (nSPS) is 22.9. The van der Waals surface area contributed by atoms with Gasteiger partial charge in [0.1, 0.15) is 60.4 Å². The molecule has 23 N–H and O–H groups in total. The maximum atomic E-state index is 14.5. The molecule has 0 spiro atoms. The smallest absolute Gasteiger partial charge is 0.245 e. The van der Waals surface area contributed by atoms with Gasteiger partial charge in [-0.15, -0.1) is 0 Å². The second kappa shape index (κ2) is 39.7. The fraction of sp³-hybridized carbons (Fsp3) is 0.696. The van der Waals surface area contributed by atoms with E-state index in [1.807, 2.05) is 0 Å². The minimum atomic E-state index is -1.70. The van der Waals surface area contributed by atoms with Crippen LogP contribution in [-0.4, -0.2) is 187 Å². The lowest BCUT2D eigenvalue weighted by atomic mass is 10.00. The van der Waals surface area contributed by atoms with E-state index in [0.29, 0.717) is 17.9 Å². The van der Waals surface area contributed by atoms with Gasteiger partial charge in [0.2, 0.25) is 65.0 Å². The molecule has 11 amide bonds. The highest BCUT2D eigenvalue weighted by Gasteiger charge is 2.37. The average Bonchev–Trinajstić information content (AvgIpc) is 3.67. The van der Waals surface area contributed by atoms with Crippen molar-refractivity contribution in [2.24, 2.45) is 40.5 Å². The number of hydrogen-bond donors (Lipinski definition) is 18. The number of benzene rings is 1. The van der Waals surface area contributed by atoms with Crippen molar-refractivity contribution in [1.29, 1.82) is 0 Å². The van der Waals surface area contributed by atoms with Crippen LogP contribution in [0.2, 0.25) is 0 Å². The van der Waals surface area contributed by atoms with Crippen LogP contribution in [0.1, 0.15) is 124 Å². The van der Waals surface area contributed by atoms with Crippen LogP contribution in [0, 0.1) is 11.8 Å². The molecular weight excluding hydrogens is 1100 g/mol. The van der Waals surface area contributed by atoms with Gasteiger partial charge in [-0.2, -0.15) is 0 Å². The SMILES string of the molecule is CC[C@@H](C)CCCCC(=O)N[C@@H](CCN)C(=O)N[C@H](C(=O)N[C@@H](CCN)C(=O)N[C@H]1CCNC(=O)[C@H]([C@@H](C)O)NC(=O)[C@@H](CCN)NC(=O)[C@@H](CCN)NC(=O)[C@@H](CC(C)C)NC(=O)[C@@H](Cc2ccccc2)NC(=O)[C@@H](CCN)NC1=O)[C@@H](C)O. The molecular formula is C56H98N16O13. The lowest BCUT2D eigenvalue weighted by Crippen LogP contribution is -2.62. The predicted molar refractivity (Wildman–Crippen MR) is 316 cm³/mol. The van der Waals surface area contributed by atoms with Gasteiger partial charge in [-0.3, -0.25) is 52.7 Å². The molecule has 85 heavy (non-hydrogen) atoms. The van der Waals surface area contributed by atoms with Gasteiger partial charge in [-0.25, -0.2) is 0 Å². The Labute approximate surface area is 498 Å². The first-order valence-electron chi connectivity index (χ1n) is 29.5. The minimum absolute atomic E-state index is 0.0173. The van der Waals surface area contributed by atoms with Gasteiger partial charge in [0.05, 0.1) is 12.2 Å². The number of carbonyl (C=O) groups is 11. The Hall–Kier alpha value is -6.89. The number of amides is 11. The largest absolute Gasteiger partial charge is 0.391 e. The summed E-state index contributed by atoms with van der Waals surface area (Å²) in [5.41, 5.74) is 29.9. The predicted octanol–water partition coefficient (Wildman–Crippen LogP) is -5.24. The number of carbonyl (C=O) groups excluding carboxylic acids is 11. The third-order valence-corrected chi connectivity index (χ3v) is 14.3. The molecule has 1 aliphatic heterocycles. The number of nitrogens with one attached hydrogen (secondary N) is 11. The summed E-state index contributed by atoms with van der Waals surface area (Å²) in [6.07, 6.45) is -1.05. The summed E-state index contributed by atoms with van der Waals surface area (Å²) < 4.78 is 0. The van der Waals surface area contributed by atoms with E-state index in [1.54, 1.807) is 44.2 Å². The highest BCUT2D eigenvalue weighted by molar-refractivity contribution is 5.99. The van der Waals surface area contributed by atoms with E-state index in [4.69, 9.17) is 28.7 Å². The molecule has 1 aromatic rings. The molecule has 480 valence electrons. The van der Waals surface area contributed by atoms with Crippen molar-refractivity contribution in [2.75, 3.05) is 39.3 Å². The van der Waals surface area contributed by atoms with Gasteiger partial charge in [-0.05, 0) is 115 Å². The Morgan fingerprint density at radius 3 is 1.56 bits per heavy atom. The summed E-state index contributed by atoms with van der Waals surface area (Å²) in [6.45, 7) is 9.00. The molecule has 1 saturated heterocycles. The van der Waals surface area contributed by atoms with E-state index >= 15 is 0 Å². The van der Waals surface area contributed by atoms with E-state index < -0.39 is 151 Å². The molecule has 0 bridgehead atoms. The zero-order valence-electron chi connectivity index (χ0n) is 50.2. The van der Waals surface area contributed by atoms with Gasteiger partial charge >= 0.3 is 0 Å². The van der Waals surface area contributed by atoms with Crippen LogP contribution < -0.4 is 87.2 Å². The second-order valence-electron chi connectivity index (χ2n) is 22.0. The van der Waals surface area contributed by atoms with Crippen molar-refractivity contribution in [1.82, 2.24) is 58.5 Å². The molecule has 0 saturated carbocycles. The fourth-order valence-electron chi connectivity index (χ4n) is 9.12. The molecule has 29 nitrogen and oxygen atoms in total. The van der Waals surface area contributed by atoms with Gasteiger partial charge in [0, 0.05) is 19.4 Å². The van der Waals surface area contributed by atoms with Crippen LogP contribution >= 0.6 is 0 Å². The Morgan fingerprint density at radius 1 is 0.565 bits per heavy atom. The first kappa shape index (κ1) is 74.2. The molecule has 0 radical (unpaired) electrons. The third kappa shape index (κ3) is 26.9. The standard InChI is InChI=1S/C56H98N16O13/c1-7-32(4)13-11-12-16-44(75)63-36(17-23-57)51(80)72-46(34(6)74)56(85)68-39(20-26-60)48(77)67-41-22-28-62-55(84)45(33(5)73)71-52(81)40(21-27-61)65-47(76)37(18-24-58)66-53(82)42(29-31(2)3)69-54(83)43(30-35-14-9-8-10-15-35)70-49(78)38(19-25-59)64-50(41)79/h8-10,14-15,31-34,36-43,45-46,73-74H,7,11-13,16-30,57-61H2,1-6H3,(H,62,84)(H,63,75)(H,64,79)(H,65,76)(H,66,82)(H,67,77)(H,68,85)(H,69,83)(H,70,78)(H,71,81)(H,72,80)/t32-,33-,34-,36+,37-,38-,39+,40-,41+,42-,43-,45+,46+/m1/s1. The summed E-state index contributed by atoms with van der Waals surface area (Å²) in [7, 11) is 0. The van der Waals surface area contributed by atoms with Crippen molar-refractivity contribution < 1.29 is 63.0 Å². The van der Waals surface area contributed by atoms with E-state index in [-0.39, 0.29) is 90.0 Å². The van der Waals surface area contributed by atoms with Crippen LogP contribution in [0.25, 0.3) is 0 Å². The summed E-state index contributed by atoms with van der Waals surface area (Å²) in [6, 6.07) is -6.23. The van der Waals surface area contributed by atoms with E-state index in [9.17, 15) is 63.0 Å². The number of hydrogen-bond acceptors (Lipinski definition) is 18. The first-order valence-corrected chi connectivity index (χ1v) is 29.5. The maximum Gasteiger partial charge on any atom is 0.245 e. The van der Waals surface area contributed by atoms with Gasteiger partial charge < -0.3 is 97.4 Å². The molecule has 1 aromatic carbocycles. The summed E-state index contributed by atoms with van der Waals surface area (Å²) in [4.78, 5) is 154. The number of aliphatic hydroxyl groups is 2. The van der Waals surface area contributed by atoms with Gasteiger partial charge in [0.25, 0.3) is 0 Å². The van der Waals surface area contributed by atoms with Crippen LogP contribution in [0.5, 0.6) is 0 Å². The molecule has 1 heterocycles. The first-order chi connectivity index (χ1) is 40.3. The van der Waals surface area contributed by atoms with Gasteiger partial charge in [-0.1, -0.05) is 77.3 Å². The van der Waals surface area contributed by atoms with Crippen molar-refractivity contribution in [3.8, 4) is 0 Å². The van der Waals surface area contributed by atoms with E-state index in [2.05, 4.69) is 72.3 Å². The zero-order chi connectivity index (χ0) is 63.8. The van der Waals surface area contributed by atoms with Crippen molar-refractivity contribution in [2.45, 2.75) is 198 Å². The lowest BCUT2D eigenvalue weighted by Gasteiger charge is -2.29. The summed E-state index contributed by atoms with van der Waals surface area (Å²) in [5, 5.41) is 49.7. The summed E-state index contributed by atoms with van der Waals surface area (Å²) in [5.74, 6) is -9.45. The van der Waals surface area contributed by atoms with Crippen molar-refractivity contribution in [3.05, 3.63) is 35.9 Å². The van der Waals surface area contributed by atoms with Crippen LogP contribution in [0.3, 0.4) is 0 Å². The second-order valence-corrected chi connectivity index (χ2v) is 22.0. The number of nitrogens with two attached hydrogens (primary N) is 5. The molecule has 1 fully saturated rings. The molecule has 0 unspecified atom stereocenters. The van der Waals surface area contributed by atoms with Crippen LogP contribution in [-0.2, 0) is 59.2 Å². The monoisotopic (exact) mass is 1200 g/mol. The average molecular weight is 1200 g/mol. The maximum absolute atomic E-state index is 14.5. The van der Waals surface area contributed by atoms with Crippen LogP contribution in [0.15, 0.2) is 30.3 Å². The molecule has 1 aliphatic rings. The number of unbranched alkanes of at least 4 members (excludes halogenated alkanes) is 1. The summed E-state index contributed by atoms with van der Waals surface area (Å²) >= 11 is 0. The zero-order valence-corrected chi connectivity index (χ0v) is 50.2. The Kier molecular flexibility index (Phi) is 34.6. The Morgan fingerprint density at radius 2 is 1.06 bits per heavy atom. The number of aliphatic hydroxyl groups excluding tert-OH is 2. The molecule has 0 aromatic heterocycles. The van der Waals surface area contributed by atoms with E-state index in [1.165, 1.54) is 13.8 Å². The highest BCUT2D eigenvalue weighted by atomic mass is 16.3. The quantitative estimate of drug-likeness (QED) is 0.0333. The molecule has 2 rings (SSSR count). The third-order valence-electron chi connectivity index (χ3n) is 14.3. The van der Waals surface area contributed by atoms with E-state index in [0.717, 1.165) is 19.3 Å². The fourth-order valence-corrected chi connectivity index (χ4v) is 9.12. The highest BCUT2D eigenvalue weighted by Crippen LogP contribution is 2.14. The lowest BCUT2D eigenvalue weighted by molar-refractivity contribution is -0.137. The Bertz CT molecular complexity index is 2320. The van der Waals surface area contributed by atoms with Crippen molar-refractivity contribution in [3.63, 3.8) is 0 Å². The topological polar surface area (TPSA) is 491 Å². The molecule has 13 atom stereocenters. The molecule has 29 heteroatoms. The Balaban J connectivity index is 2.67. The molecule has 0 aliphatic carbocycles. The van der Waals surface area contributed by atoms with Gasteiger partial charge in [0.15, 0.2) is 0 Å².